The molecule has 1 N–H and O–H groups in total. The number of likely N-dealkylation sites (N-methyl/N-ethyl adjacent to an activating group) is 1. The molecule has 0 saturated heterocycles. The molecule has 0 aliphatic rings. The van der Waals surface area contributed by atoms with Crippen molar-refractivity contribution in [1.82, 2.24) is 0 Å². The second kappa shape index (κ2) is 8.57. The van der Waals surface area contributed by atoms with Crippen molar-refractivity contribution in [1.29, 1.82) is 0 Å². The molecule has 0 rings (SSSR count). The van der Waals surface area contributed by atoms with Crippen LogP contribution in [0.1, 0.15) is 51.9 Å². The van der Waals surface area contributed by atoms with Crippen molar-refractivity contribution in [2.45, 2.75) is 51.9 Å². The van der Waals surface area contributed by atoms with Crippen LogP contribution in [0.5, 0.6) is 0 Å². The van der Waals surface area contributed by atoms with E-state index < -0.39 is 5.97 Å². The first-order chi connectivity index (χ1) is 7.48. The van der Waals surface area contributed by atoms with Crippen LogP contribution in [0.15, 0.2) is 0 Å². The summed E-state index contributed by atoms with van der Waals surface area (Å²) in [5.74, 6) is -0.701. The highest BCUT2D eigenvalue weighted by atomic mass is 16.4. The van der Waals surface area contributed by atoms with Crippen LogP contribution >= 0.6 is 0 Å². The Morgan fingerprint density at radius 3 is 2.00 bits per heavy atom. The Balaban J connectivity index is 3.39. The molecular weight excluding hydrogens is 202 g/mol. The van der Waals surface area contributed by atoms with Crippen LogP contribution in [0.2, 0.25) is 0 Å². The molecule has 3 heteroatoms. The largest absolute Gasteiger partial charge is 0.477 e. The van der Waals surface area contributed by atoms with Gasteiger partial charge in [-0.3, -0.25) is 0 Å². The van der Waals surface area contributed by atoms with Crippen molar-refractivity contribution in [3.05, 3.63) is 0 Å². The third kappa shape index (κ3) is 9.97. The van der Waals surface area contributed by atoms with Gasteiger partial charge in [0.2, 0.25) is 0 Å². The van der Waals surface area contributed by atoms with Gasteiger partial charge in [-0.2, -0.15) is 0 Å². The molecule has 0 unspecified atom stereocenters. The van der Waals surface area contributed by atoms with Gasteiger partial charge < -0.3 is 9.59 Å². The van der Waals surface area contributed by atoms with Crippen LogP contribution < -0.4 is 0 Å². The van der Waals surface area contributed by atoms with Gasteiger partial charge in [0, 0.05) is 0 Å². The Labute approximate surface area is 100 Å². The Morgan fingerprint density at radius 1 is 1.00 bits per heavy atom. The van der Waals surface area contributed by atoms with Crippen LogP contribution in [-0.2, 0) is 4.79 Å². The smallest absolute Gasteiger partial charge is 0.359 e. The SMILES string of the molecule is CCCCCCCCC[N+](C)(C)CC(=O)O. The van der Waals surface area contributed by atoms with E-state index in [4.69, 9.17) is 5.11 Å². The average molecular weight is 230 g/mol. The molecule has 0 saturated carbocycles. The lowest BCUT2D eigenvalue weighted by atomic mass is 10.1. The molecule has 16 heavy (non-hydrogen) atoms. The standard InChI is InChI=1S/C13H27NO2/c1-4-5-6-7-8-9-10-11-14(2,3)12-13(15)16/h4-12H2,1-3H3/p+1. The van der Waals surface area contributed by atoms with Gasteiger partial charge in [-0.05, 0) is 12.8 Å². The first-order valence-corrected chi connectivity index (χ1v) is 6.52. The summed E-state index contributed by atoms with van der Waals surface area (Å²) in [5, 5.41) is 8.73. The summed E-state index contributed by atoms with van der Waals surface area (Å²) in [6.07, 6.45) is 9.01. The summed E-state index contributed by atoms with van der Waals surface area (Å²) in [6, 6.07) is 0. The molecule has 0 aliphatic heterocycles. The van der Waals surface area contributed by atoms with E-state index in [1.807, 2.05) is 14.1 Å². The Bertz CT molecular complexity index is 190. The second-order valence-corrected chi connectivity index (χ2v) is 5.33. The summed E-state index contributed by atoms with van der Waals surface area (Å²) < 4.78 is 0.601. The zero-order valence-corrected chi connectivity index (χ0v) is 11.2. The van der Waals surface area contributed by atoms with Crippen molar-refractivity contribution < 1.29 is 14.4 Å². The molecule has 0 atom stereocenters. The summed E-state index contributed by atoms with van der Waals surface area (Å²) in [4.78, 5) is 10.6. The maximum Gasteiger partial charge on any atom is 0.359 e. The third-order valence-corrected chi connectivity index (χ3v) is 2.93. The first-order valence-electron chi connectivity index (χ1n) is 6.52. The number of carbonyl (C=O) groups is 1. The summed E-state index contributed by atoms with van der Waals surface area (Å²) in [7, 11) is 3.98. The van der Waals surface area contributed by atoms with E-state index in [-0.39, 0.29) is 6.54 Å². The minimum Gasteiger partial charge on any atom is -0.477 e. The van der Waals surface area contributed by atoms with Crippen molar-refractivity contribution in [2.24, 2.45) is 0 Å². The topological polar surface area (TPSA) is 37.3 Å². The Morgan fingerprint density at radius 2 is 1.50 bits per heavy atom. The summed E-state index contributed by atoms with van der Waals surface area (Å²) in [5.41, 5.74) is 0. The molecule has 3 nitrogen and oxygen atoms in total. The number of hydrogen-bond acceptors (Lipinski definition) is 1. The predicted octanol–water partition coefficient (Wildman–Crippen LogP) is 2.90. The number of unbranched alkanes of at least 4 members (excludes halogenated alkanes) is 6. The van der Waals surface area contributed by atoms with E-state index in [0.717, 1.165) is 13.0 Å². The van der Waals surface area contributed by atoms with Crippen LogP contribution in [-0.4, -0.2) is 42.7 Å². The van der Waals surface area contributed by atoms with E-state index in [1.54, 1.807) is 0 Å². The van der Waals surface area contributed by atoms with Gasteiger partial charge in [-0.25, -0.2) is 4.79 Å². The highest BCUT2D eigenvalue weighted by molar-refractivity contribution is 5.67. The molecule has 0 fully saturated rings. The molecule has 0 aromatic heterocycles. The van der Waals surface area contributed by atoms with Gasteiger partial charge in [0.25, 0.3) is 0 Å². The van der Waals surface area contributed by atoms with Gasteiger partial charge in [-0.15, -0.1) is 0 Å². The number of quaternary nitrogens is 1. The molecule has 0 spiro atoms. The molecule has 0 radical (unpaired) electrons. The quantitative estimate of drug-likeness (QED) is 0.463. The summed E-state index contributed by atoms with van der Waals surface area (Å²) >= 11 is 0. The highest BCUT2D eigenvalue weighted by Gasteiger charge is 2.18. The van der Waals surface area contributed by atoms with Crippen LogP contribution in [0.3, 0.4) is 0 Å². The maximum atomic E-state index is 10.6. The molecule has 0 aromatic carbocycles. The van der Waals surface area contributed by atoms with Crippen molar-refractivity contribution >= 4 is 5.97 Å². The van der Waals surface area contributed by atoms with Gasteiger partial charge in [0.15, 0.2) is 6.54 Å². The highest BCUT2D eigenvalue weighted by Crippen LogP contribution is 2.09. The van der Waals surface area contributed by atoms with E-state index in [9.17, 15) is 4.79 Å². The van der Waals surface area contributed by atoms with Crippen LogP contribution in [0.4, 0.5) is 0 Å². The molecule has 0 amide bonds. The fourth-order valence-electron chi connectivity index (χ4n) is 1.94. The average Bonchev–Trinajstić information content (AvgIpc) is 2.14. The molecule has 0 aromatic rings. The molecular formula is C13H28NO2+. The number of hydrogen-bond donors (Lipinski definition) is 1. The second-order valence-electron chi connectivity index (χ2n) is 5.33. The lowest BCUT2D eigenvalue weighted by Crippen LogP contribution is -2.44. The number of carboxylic acid groups (broad SMARTS) is 1. The predicted molar refractivity (Wildman–Crippen MR) is 67.5 cm³/mol. The number of aliphatic carboxylic acids is 1. The molecule has 96 valence electrons. The zero-order valence-electron chi connectivity index (χ0n) is 11.2. The molecule has 0 heterocycles. The third-order valence-electron chi connectivity index (χ3n) is 2.93. The van der Waals surface area contributed by atoms with E-state index >= 15 is 0 Å². The van der Waals surface area contributed by atoms with Crippen molar-refractivity contribution in [3.8, 4) is 0 Å². The van der Waals surface area contributed by atoms with Gasteiger partial charge >= 0.3 is 5.97 Å². The number of rotatable bonds is 10. The monoisotopic (exact) mass is 230 g/mol. The Hall–Kier alpha value is -0.570. The number of nitrogens with zero attached hydrogens (tertiary/aromatic N) is 1. The van der Waals surface area contributed by atoms with Gasteiger partial charge in [-0.1, -0.05) is 39.0 Å². The minimum absolute atomic E-state index is 0.232. The molecule has 0 aliphatic carbocycles. The van der Waals surface area contributed by atoms with E-state index in [2.05, 4.69) is 6.92 Å². The minimum atomic E-state index is -0.701. The first kappa shape index (κ1) is 15.4. The molecule has 0 bridgehead atoms. The maximum absolute atomic E-state index is 10.6. The van der Waals surface area contributed by atoms with Crippen LogP contribution in [0.25, 0.3) is 0 Å². The van der Waals surface area contributed by atoms with Crippen molar-refractivity contribution in [2.75, 3.05) is 27.2 Å². The zero-order chi connectivity index (χ0) is 12.4. The Kier molecular flexibility index (Phi) is 8.26. The lowest BCUT2D eigenvalue weighted by Gasteiger charge is -2.27. The lowest BCUT2D eigenvalue weighted by molar-refractivity contribution is -0.883. The normalized spacial score (nSPS) is 11.7. The number of carboxylic acids is 1. The fourth-order valence-corrected chi connectivity index (χ4v) is 1.94. The van der Waals surface area contributed by atoms with Crippen LogP contribution in [0, 0.1) is 0 Å². The summed E-state index contributed by atoms with van der Waals surface area (Å²) in [6.45, 7) is 3.43. The van der Waals surface area contributed by atoms with Gasteiger partial charge in [0.05, 0.1) is 20.6 Å². The fraction of sp³-hybridized carbons (Fsp3) is 0.923. The van der Waals surface area contributed by atoms with Crippen molar-refractivity contribution in [3.63, 3.8) is 0 Å². The van der Waals surface area contributed by atoms with E-state index in [1.165, 1.54) is 38.5 Å². The van der Waals surface area contributed by atoms with Gasteiger partial charge in [0.1, 0.15) is 0 Å². The van der Waals surface area contributed by atoms with E-state index in [0.29, 0.717) is 4.48 Å².